The number of amides is 1. The highest BCUT2D eigenvalue weighted by Gasteiger charge is 2.19. The minimum absolute atomic E-state index is 0.275. The van der Waals surface area contributed by atoms with Crippen molar-refractivity contribution in [2.75, 3.05) is 11.9 Å². The van der Waals surface area contributed by atoms with Gasteiger partial charge in [0.05, 0.1) is 17.8 Å². The lowest BCUT2D eigenvalue weighted by atomic mass is 10.2. The van der Waals surface area contributed by atoms with Crippen molar-refractivity contribution in [1.29, 1.82) is 0 Å². The predicted octanol–water partition coefficient (Wildman–Crippen LogP) is 3.70. The number of aromatic nitrogens is 2. The SMILES string of the molecule is CCOc1ccc(NC(=O)Cn2c(=O)n(-c3ccc(F)cc3C)c(=O)c3sccc32)cc1. The Bertz CT molecular complexity index is 1420. The fraction of sp³-hybridized carbons (Fsp3) is 0.174. The smallest absolute Gasteiger partial charge is 0.336 e. The zero-order valence-corrected chi connectivity index (χ0v) is 18.2. The highest BCUT2D eigenvalue weighted by molar-refractivity contribution is 7.17. The Balaban J connectivity index is 1.72. The van der Waals surface area contributed by atoms with Gasteiger partial charge in [-0.3, -0.25) is 14.2 Å². The van der Waals surface area contributed by atoms with Crippen LogP contribution in [0.5, 0.6) is 5.75 Å². The van der Waals surface area contributed by atoms with Crippen LogP contribution in [-0.2, 0) is 11.3 Å². The molecule has 9 heteroatoms. The molecule has 164 valence electrons. The van der Waals surface area contributed by atoms with Crippen molar-refractivity contribution >= 4 is 33.1 Å². The summed E-state index contributed by atoms with van der Waals surface area (Å²) in [6, 6.07) is 12.3. The number of anilines is 1. The highest BCUT2D eigenvalue weighted by atomic mass is 32.1. The third-order valence-electron chi connectivity index (χ3n) is 4.91. The van der Waals surface area contributed by atoms with Crippen LogP contribution in [0.1, 0.15) is 12.5 Å². The molecule has 7 nitrogen and oxygen atoms in total. The number of halogens is 1. The van der Waals surface area contributed by atoms with Crippen LogP contribution >= 0.6 is 11.3 Å². The van der Waals surface area contributed by atoms with E-state index in [1.165, 1.54) is 34.1 Å². The van der Waals surface area contributed by atoms with E-state index in [0.29, 0.717) is 33.8 Å². The van der Waals surface area contributed by atoms with E-state index in [2.05, 4.69) is 5.32 Å². The maximum absolute atomic E-state index is 13.6. The number of carbonyl (C=O) groups is 1. The largest absolute Gasteiger partial charge is 0.494 e. The second-order valence-electron chi connectivity index (χ2n) is 7.08. The van der Waals surface area contributed by atoms with Crippen molar-refractivity contribution in [3.63, 3.8) is 0 Å². The first kappa shape index (κ1) is 21.5. The number of nitrogens with zero attached hydrogens (tertiary/aromatic N) is 2. The first-order valence-electron chi connectivity index (χ1n) is 9.91. The first-order valence-corrected chi connectivity index (χ1v) is 10.8. The summed E-state index contributed by atoms with van der Waals surface area (Å²) < 4.78 is 21.5. The zero-order chi connectivity index (χ0) is 22.8. The molecule has 2 aromatic heterocycles. The molecule has 0 saturated carbocycles. The Morgan fingerprint density at radius 2 is 1.88 bits per heavy atom. The summed E-state index contributed by atoms with van der Waals surface area (Å²) in [5.74, 6) is -0.209. The monoisotopic (exact) mass is 453 g/mol. The van der Waals surface area contributed by atoms with Crippen molar-refractivity contribution in [2.24, 2.45) is 0 Å². The lowest BCUT2D eigenvalue weighted by Gasteiger charge is -2.14. The van der Waals surface area contributed by atoms with Gasteiger partial charge in [-0.1, -0.05) is 0 Å². The van der Waals surface area contributed by atoms with E-state index in [1.54, 1.807) is 42.6 Å². The lowest BCUT2D eigenvalue weighted by molar-refractivity contribution is -0.116. The van der Waals surface area contributed by atoms with Gasteiger partial charge < -0.3 is 10.1 Å². The molecule has 0 aliphatic carbocycles. The van der Waals surface area contributed by atoms with E-state index in [0.717, 1.165) is 4.57 Å². The van der Waals surface area contributed by atoms with Crippen LogP contribution in [0.3, 0.4) is 0 Å². The average Bonchev–Trinajstić information content (AvgIpc) is 3.24. The van der Waals surface area contributed by atoms with Crippen molar-refractivity contribution < 1.29 is 13.9 Å². The van der Waals surface area contributed by atoms with Gasteiger partial charge in [-0.2, -0.15) is 0 Å². The third-order valence-corrected chi connectivity index (χ3v) is 5.80. The molecular formula is C23H20FN3O4S. The number of benzene rings is 2. The molecule has 0 saturated heterocycles. The number of nitrogens with one attached hydrogen (secondary N) is 1. The second kappa shape index (κ2) is 8.80. The molecule has 32 heavy (non-hydrogen) atoms. The summed E-state index contributed by atoms with van der Waals surface area (Å²) >= 11 is 1.18. The molecule has 1 N–H and O–H groups in total. The number of hydrogen-bond acceptors (Lipinski definition) is 5. The van der Waals surface area contributed by atoms with Crippen LogP contribution in [-0.4, -0.2) is 21.6 Å². The average molecular weight is 453 g/mol. The Hall–Kier alpha value is -3.72. The molecule has 0 aliphatic rings. The van der Waals surface area contributed by atoms with E-state index in [-0.39, 0.29) is 12.2 Å². The van der Waals surface area contributed by atoms with Crippen molar-refractivity contribution in [3.05, 3.63) is 86.1 Å². The minimum atomic E-state index is -0.669. The molecule has 0 radical (unpaired) electrons. The topological polar surface area (TPSA) is 82.3 Å². The zero-order valence-electron chi connectivity index (χ0n) is 17.4. The third kappa shape index (κ3) is 4.06. The quantitative estimate of drug-likeness (QED) is 0.483. The molecule has 0 aliphatic heterocycles. The van der Waals surface area contributed by atoms with E-state index >= 15 is 0 Å². The normalized spacial score (nSPS) is 11.0. The predicted molar refractivity (Wildman–Crippen MR) is 123 cm³/mol. The molecule has 4 rings (SSSR count). The summed E-state index contributed by atoms with van der Waals surface area (Å²) in [6.45, 7) is 3.74. The van der Waals surface area contributed by atoms with Crippen LogP contribution in [0.25, 0.3) is 15.9 Å². The van der Waals surface area contributed by atoms with Crippen molar-refractivity contribution in [2.45, 2.75) is 20.4 Å². The lowest BCUT2D eigenvalue weighted by Crippen LogP contribution is -2.40. The van der Waals surface area contributed by atoms with Crippen LogP contribution in [0, 0.1) is 12.7 Å². The molecule has 0 atom stereocenters. The minimum Gasteiger partial charge on any atom is -0.494 e. The fourth-order valence-corrected chi connectivity index (χ4v) is 4.29. The Morgan fingerprint density at radius 1 is 1.12 bits per heavy atom. The Morgan fingerprint density at radius 3 is 2.56 bits per heavy atom. The number of fused-ring (bicyclic) bond motifs is 1. The first-order chi connectivity index (χ1) is 15.4. The Kier molecular flexibility index (Phi) is 5.91. The highest BCUT2D eigenvalue weighted by Crippen LogP contribution is 2.19. The van der Waals surface area contributed by atoms with Gasteiger partial charge in [0.15, 0.2) is 0 Å². The molecule has 1 amide bonds. The number of ether oxygens (including phenoxy) is 1. The van der Waals surface area contributed by atoms with Gasteiger partial charge in [0, 0.05) is 5.69 Å². The van der Waals surface area contributed by atoms with Gasteiger partial charge in [-0.25, -0.2) is 13.8 Å². The molecule has 0 spiro atoms. The van der Waals surface area contributed by atoms with Gasteiger partial charge in [-0.05, 0) is 73.3 Å². The van der Waals surface area contributed by atoms with E-state index in [9.17, 15) is 18.8 Å². The number of carbonyl (C=O) groups excluding carboxylic acids is 1. The molecule has 2 aromatic carbocycles. The van der Waals surface area contributed by atoms with Gasteiger partial charge in [0.25, 0.3) is 5.56 Å². The maximum Gasteiger partial charge on any atom is 0.336 e. The van der Waals surface area contributed by atoms with E-state index < -0.39 is 23.0 Å². The summed E-state index contributed by atoms with van der Waals surface area (Å²) in [7, 11) is 0. The maximum atomic E-state index is 13.6. The van der Waals surface area contributed by atoms with Gasteiger partial charge in [0.1, 0.15) is 22.8 Å². The summed E-state index contributed by atoms with van der Waals surface area (Å²) in [4.78, 5) is 39.0. The number of thiophene rings is 1. The molecule has 0 fully saturated rings. The van der Waals surface area contributed by atoms with Gasteiger partial charge >= 0.3 is 5.69 Å². The van der Waals surface area contributed by atoms with Crippen LogP contribution < -0.4 is 21.3 Å². The van der Waals surface area contributed by atoms with Crippen LogP contribution in [0.2, 0.25) is 0 Å². The van der Waals surface area contributed by atoms with Crippen molar-refractivity contribution in [1.82, 2.24) is 9.13 Å². The second-order valence-corrected chi connectivity index (χ2v) is 8.00. The van der Waals surface area contributed by atoms with E-state index in [4.69, 9.17) is 4.74 Å². The fourth-order valence-electron chi connectivity index (χ4n) is 3.47. The summed E-state index contributed by atoms with van der Waals surface area (Å²) in [6.07, 6.45) is 0. The molecule has 2 heterocycles. The van der Waals surface area contributed by atoms with E-state index in [1.807, 2.05) is 6.92 Å². The van der Waals surface area contributed by atoms with Gasteiger partial charge in [0.2, 0.25) is 5.91 Å². The summed E-state index contributed by atoms with van der Waals surface area (Å²) in [5.41, 5.74) is 0.469. The number of rotatable bonds is 6. The standard InChI is InChI=1S/C23H20FN3O4S/c1-3-31-17-7-5-16(6-8-17)25-20(28)13-26-19-10-11-32-21(19)22(29)27(23(26)30)18-9-4-15(24)12-14(18)2/h4-12H,3,13H2,1-2H3,(H,25,28). The molecule has 0 unspecified atom stereocenters. The Labute approximate surface area is 186 Å². The molecule has 4 aromatic rings. The van der Waals surface area contributed by atoms with Crippen LogP contribution in [0.4, 0.5) is 10.1 Å². The molecule has 0 bridgehead atoms. The van der Waals surface area contributed by atoms with Crippen molar-refractivity contribution in [3.8, 4) is 11.4 Å². The van der Waals surface area contributed by atoms with Gasteiger partial charge in [-0.15, -0.1) is 11.3 Å². The summed E-state index contributed by atoms with van der Waals surface area (Å²) in [5, 5.41) is 4.44. The number of hydrogen-bond donors (Lipinski definition) is 1. The number of aryl methyl sites for hydroxylation is 1. The van der Waals surface area contributed by atoms with Crippen LogP contribution in [0.15, 0.2) is 63.5 Å². The molecular weight excluding hydrogens is 433 g/mol.